The van der Waals surface area contributed by atoms with Gasteiger partial charge in [0.15, 0.2) is 11.5 Å². The Morgan fingerprint density at radius 2 is 1.61 bits per heavy atom. The first-order valence-corrected chi connectivity index (χ1v) is 10.1. The minimum Gasteiger partial charge on any atom is -0.493 e. The molecule has 1 aliphatic heterocycles. The van der Waals surface area contributed by atoms with Gasteiger partial charge < -0.3 is 19.5 Å². The average molecular weight is 469 g/mol. The SMILES string of the molecule is C=C(C)C[C@H](c1cc(OC)c(OC)cc1OCc1ccccc1)N1CCNCC1.Cl.Cl. The van der Waals surface area contributed by atoms with E-state index in [1.54, 1.807) is 14.2 Å². The van der Waals surface area contributed by atoms with E-state index in [0.717, 1.165) is 60.8 Å². The van der Waals surface area contributed by atoms with E-state index < -0.39 is 0 Å². The Kier molecular flexibility index (Phi) is 11.8. The first kappa shape index (κ1) is 27.1. The number of benzene rings is 2. The van der Waals surface area contributed by atoms with Crippen LogP contribution in [-0.2, 0) is 6.61 Å². The van der Waals surface area contributed by atoms with Gasteiger partial charge >= 0.3 is 0 Å². The van der Waals surface area contributed by atoms with E-state index in [1.807, 2.05) is 24.3 Å². The van der Waals surface area contributed by atoms with Crippen LogP contribution in [0.4, 0.5) is 0 Å². The summed E-state index contributed by atoms with van der Waals surface area (Å²) in [6.07, 6.45) is 0.872. The second kappa shape index (κ2) is 13.5. The lowest BCUT2D eigenvalue weighted by molar-refractivity contribution is 0.167. The minimum absolute atomic E-state index is 0. The summed E-state index contributed by atoms with van der Waals surface area (Å²) >= 11 is 0. The summed E-state index contributed by atoms with van der Waals surface area (Å²) in [6, 6.07) is 14.4. The Morgan fingerprint density at radius 1 is 1.00 bits per heavy atom. The van der Waals surface area contributed by atoms with Crippen molar-refractivity contribution >= 4 is 24.8 Å². The maximum absolute atomic E-state index is 6.31. The molecule has 0 aliphatic carbocycles. The van der Waals surface area contributed by atoms with Crippen LogP contribution in [0.15, 0.2) is 54.6 Å². The molecule has 0 aromatic heterocycles. The highest BCUT2D eigenvalue weighted by molar-refractivity contribution is 5.85. The van der Waals surface area contributed by atoms with Crippen LogP contribution in [0.3, 0.4) is 0 Å². The van der Waals surface area contributed by atoms with Gasteiger partial charge in [-0.15, -0.1) is 31.4 Å². The third kappa shape index (κ3) is 7.32. The molecule has 1 heterocycles. The second-order valence-corrected chi connectivity index (χ2v) is 7.48. The van der Waals surface area contributed by atoms with Gasteiger partial charge in [-0.3, -0.25) is 4.90 Å². The highest BCUT2D eigenvalue weighted by atomic mass is 35.5. The van der Waals surface area contributed by atoms with Crippen molar-refractivity contribution in [3.8, 4) is 17.2 Å². The van der Waals surface area contributed by atoms with Crippen LogP contribution in [0.1, 0.15) is 30.5 Å². The Morgan fingerprint density at radius 3 is 2.19 bits per heavy atom. The molecule has 1 saturated heterocycles. The molecule has 0 saturated carbocycles. The van der Waals surface area contributed by atoms with Gasteiger partial charge in [0, 0.05) is 43.9 Å². The van der Waals surface area contributed by atoms with Crippen LogP contribution >= 0.6 is 24.8 Å². The molecule has 31 heavy (non-hydrogen) atoms. The molecule has 2 aromatic rings. The summed E-state index contributed by atoms with van der Waals surface area (Å²) in [5, 5.41) is 3.44. The van der Waals surface area contributed by atoms with Crippen molar-refractivity contribution in [2.75, 3.05) is 40.4 Å². The number of ether oxygens (including phenoxy) is 3. The maximum atomic E-state index is 6.31. The number of methoxy groups -OCH3 is 2. The zero-order valence-corrected chi connectivity index (χ0v) is 20.2. The first-order chi connectivity index (χ1) is 14.1. The normalized spacial score (nSPS) is 14.5. The molecule has 1 N–H and O–H groups in total. The fourth-order valence-electron chi connectivity index (χ4n) is 3.76. The molecule has 0 unspecified atom stereocenters. The molecule has 0 amide bonds. The maximum Gasteiger partial charge on any atom is 0.164 e. The molecule has 0 spiro atoms. The molecular weight excluding hydrogens is 435 g/mol. The van der Waals surface area contributed by atoms with Gasteiger partial charge in [0.1, 0.15) is 12.4 Å². The van der Waals surface area contributed by atoms with E-state index >= 15 is 0 Å². The molecule has 7 heteroatoms. The Hall–Kier alpha value is -1.92. The van der Waals surface area contributed by atoms with Crippen molar-refractivity contribution in [3.63, 3.8) is 0 Å². The quantitative estimate of drug-likeness (QED) is 0.522. The monoisotopic (exact) mass is 468 g/mol. The van der Waals surface area contributed by atoms with Crippen molar-refractivity contribution < 1.29 is 14.2 Å². The minimum atomic E-state index is 0. The largest absolute Gasteiger partial charge is 0.493 e. The van der Waals surface area contributed by atoms with Crippen molar-refractivity contribution in [3.05, 3.63) is 65.7 Å². The second-order valence-electron chi connectivity index (χ2n) is 7.48. The number of halogens is 2. The van der Waals surface area contributed by atoms with Crippen LogP contribution in [0.25, 0.3) is 0 Å². The molecule has 172 valence electrons. The van der Waals surface area contributed by atoms with Crippen LogP contribution < -0.4 is 19.5 Å². The molecular formula is C24H34Cl2N2O3. The molecule has 1 atom stereocenters. The van der Waals surface area contributed by atoms with Crippen LogP contribution in [0.2, 0.25) is 0 Å². The Labute approximate surface area is 198 Å². The fraction of sp³-hybridized carbons (Fsp3) is 0.417. The van der Waals surface area contributed by atoms with Crippen LogP contribution in [0, 0.1) is 0 Å². The number of nitrogens with one attached hydrogen (secondary N) is 1. The summed E-state index contributed by atoms with van der Waals surface area (Å²) in [6.45, 7) is 10.7. The molecule has 1 fully saturated rings. The average Bonchev–Trinajstić information content (AvgIpc) is 2.76. The van der Waals surface area contributed by atoms with Gasteiger partial charge in [-0.1, -0.05) is 35.9 Å². The Balaban J connectivity index is 0.00000240. The molecule has 3 rings (SSSR count). The highest BCUT2D eigenvalue weighted by Gasteiger charge is 2.27. The van der Waals surface area contributed by atoms with E-state index in [-0.39, 0.29) is 30.9 Å². The van der Waals surface area contributed by atoms with Gasteiger partial charge in [-0.05, 0) is 25.0 Å². The van der Waals surface area contributed by atoms with Gasteiger partial charge in [0.25, 0.3) is 0 Å². The van der Waals surface area contributed by atoms with Gasteiger partial charge in [0.2, 0.25) is 0 Å². The van der Waals surface area contributed by atoms with E-state index in [0.29, 0.717) is 12.4 Å². The standard InChI is InChI=1S/C24H32N2O3.2ClH/c1-18(2)14-21(26-12-10-25-11-13-26)20-15-23(27-3)24(28-4)16-22(20)29-17-19-8-6-5-7-9-19;;/h5-9,15-16,21,25H,1,10-14,17H2,2-4H3;2*1H/t21-;;/m1../s1. The number of rotatable bonds is 9. The van der Waals surface area contributed by atoms with Gasteiger partial charge in [-0.2, -0.15) is 0 Å². The third-order valence-corrected chi connectivity index (χ3v) is 5.25. The van der Waals surface area contributed by atoms with E-state index in [4.69, 9.17) is 14.2 Å². The smallest absolute Gasteiger partial charge is 0.164 e. The lowest BCUT2D eigenvalue weighted by atomic mass is 9.96. The summed E-state index contributed by atoms with van der Waals surface area (Å²) < 4.78 is 17.5. The summed E-state index contributed by atoms with van der Waals surface area (Å²) in [5.41, 5.74) is 3.40. The molecule has 5 nitrogen and oxygen atoms in total. The van der Waals surface area contributed by atoms with Crippen molar-refractivity contribution in [2.45, 2.75) is 26.0 Å². The number of piperazine rings is 1. The van der Waals surface area contributed by atoms with Gasteiger partial charge in [0.05, 0.1) is 14.2 Å². The molecule has 0 radical (unpaired) electrons. The van der Waals surface area contributed by atoms with E-state index in [1.165, 1.54) is 0 Å². The summed E-state index contributed by atoms with van der Waals surface area (Å²) in [5.74, 6) is 2.22. The van der Waals surface area contributed by atoms with Crippen molar-refractivity contribution in [2.24, 2.45) is 0 Å². The number of hydrogen-bond acceptors (Lipinski definition) is 5. The fourth-order valence-corrected chi connectivity index (χ4v) is 3.76. The lowest BCUT2D eigenvalue weighted by Crippen LogP contribution is -2.45. The predicted octanol–water partition coefficient (Wildman–Crippen LogP) is 5.04. The lowest BCUT2D eigenvalue weighted by Gasteiger charge is -2.36. The third-order valence-electron chi connectivity index (χ3n) is 5.25. The zero-order valence-electron chi connectivity index (χ0n) is 18.6. The zero-order chi connectivity index (χ0) is 20.6. The topological polar surface area (TPSA) is 43.0 Å². The highest BCUT2D eigenvalue weighted by Crippen LogP contribution is 2.41. The summed E-state index contributed by atoms with van der Waals surface area (Å²) in [4.78, 5) is 2.50. The number of hydrogen-bond donors (Lipinski definition) is 1. The molecule has 1 aliphatic rings. The van der Waals surface area contributed by atoms with Crippen molar-refractivity contribution in [1.82, 2.24) is 10.2 Å². The molecule has 2 aromatic carbocycles. The first-order valence-electron chi connectivity index (χ1n) is 10.1. The van der Waals surface area contributed by atoms with Crippen LogP contribution in [-0.4, -0.2) is 45.3 Å². The molecule has 0 bridgehead atoms. The van der Waals surface area contributed by atoms with Gasteiger partial charge in [-0.25, -0.2) is 0 Å². The predicted molar refractivity (Wildman–Crippen MR) is 131 cm³/mol. The van der Waals surface area contributed by atoms with E-state index in [9.17, 15) is 0 Å². The summed E-state index contributed by atoms with van der Waals surface area (Å²) in [7, 11) is 3.32. The number of nitrogens with zero attached hydrogens (tertiary/aromatic N) is 1. The van der Waals surface area contributed by atoms with E-state index in [2.05, 4.69) is 41.9 Å². The Bertz CT molecular complexity index is 812. The van der Waals surface area contributed by atoms with Crippen molar-refractivity contribution in [1.29, 1.82) is 0 Å². The van der Waals surface area contributed by atoms with Crippen LogP contribution in [0.5, 0.6) is 17.2 Å².